The molecule has 1 N–H and O–H groups in total. The molecule has 0 aromatic heterocycles. The molecular weight excluding hydrogens is 210 g/mol. The minimum atomic E-state index is 0.429. The fourth-order valence-corrected chi connectivity index (χ4v) is 2.44. The second kappa shape index (κ2) is 6.77. The summed E-state index contributed by atoms with van der Waals surface area (Å²) in [7, 11) is 0. The van der Waals surface area contributed by atoms with Gasteiger partial charge in [0.2, 0.25) is 0 Å². The lowest BCUT2D eigenvalue weighted by atomic mass is 10.0. The predicted octanol–water partition coefficient (Wildman–Crippen LogP) is 3.30. The van der Waals surface area contributed by atoms with E-state index < -0.39 is 0 Å². The normalized spacial score (nSPS) is 21.6. The van der Waals surface area contributed by atoms with Crippen molar-refractivity contribution < 1.29 is 4.74 Å². The van der Waals surface area contributed by atoms with Crippen molar-refractivity contribution in [2.24, 2.45) is 0 Å². The Kier molecular flexibility index (Phi) is 5.02. The molecule has 1 aliphatic rings. The second-order valence-electron chi connectivity index (χ2n) is 4.80. The van der Waals surface area contributed by atoms with Crippen LogP contribution in [0, 0.1) is 0 Å². The molecule has 0 bridgehead atoms. The van der Waals surface area contributed by atoms with Crippen LogP contribution in [0.3, 0.4) is 0 Å². The quantitative estimate of drug-likeness (QED) is 0.814. The van der Waals surface area contributed by atoms with Crippen molar-refractivity contribution in [1.29, 1.82) is 0 Å². The smallest absolute Gasteiger partial charge is 0.0700 e. The number of benzene rings is 1. The summed E-state index contributed by atoms with van der Waals surface area (Å²) in [4.78, 5) is 0. The van der Waals surface area contributed by atoms with Gasteiger partial charge in [0.15, 0.2) is 0 Å². The summed E-state index contributed by atoms with van der Waals surface area (Å²) in [5, 5.41) is 3.65. The molecular formula is C15H23NO. The van der Waals surface area contributed by atoms with E-state index in [1.807, 2.05) is 0 Å². The Bertz CT molecular complexity index is 306. The Morgan fingerprint density at radius 3 is 2.82 bits per heavy atom. The number of ether oxygens (including phenoxy) is 1. The molecule has 0 radical (unpaired) electrons. The highest BCUT2D eigenvalue weighted by molar-refractivity contribution is 5.18. The van der Waals surface area contributed by atoms with Gasteiger partial charge in [-0.25, -0.2) is 0 Å². The largest absolute Gasteiger partial charge is 0.377 e. The number of nitrogens with one attached hydrogen (secondary N) is 1. The molecule has 2 nitrogen and oxygen atoms in total. The fourth-order valence-electron chi connectivity index (χ4n) is 2.44. The van der Waals surface area contributed by atoms with Crippen LogP contribution in [-0.2, 0) is 4.74 Å². The van der Waals surface area contributed by atoms with Crippen LogP contribution in [0.5, 0.6) is 0 Å². The molecule has 0 amide bonds. The van der Waals surface area contributed by atoms with Crippen LogP contribution in [-0.4, -0.2) is 19.3 Å². The predicted molar refractivity (Wildman–Crippen MR) is 71.1 cm³/mol. The summed E-state index contributed by atoms with van der Waals surface area (Å²) in [5.41, 5.74) is 1.40. The van der Waals surface area contributed by atoms with Crippen LogP contribution in [0.15, 0.2) is 30.3 Å². The maximum Gasteiger partial charge on any atom is 0.0700 e. The van der Waals surface area contributed by atoms with E-state index in [0.29, 0.717) is 12.1 Å². The SMILES string of the molecule is CCCC(NCC1CCCO1)c1ccccc1. The van der Waals surface area contributed by atoms with Crippen LogP contribution < -0.4 is 5.32 Å². The topological polar surface area (TPSA) is 21.3 Å². The van der Waals surface area contributed by atoms with Crippen molar-refractivity contribution in [3.05, 3.63) is 35.9 Å². The molecule has 94 valence electrons. The molecule has 2 atom stereocenters. The summed E-state index contributed by atoms with van der Waals surface area (Å²) in [6.07, 6.45) is 5.25. The first-order valence-electron chi connectivity index (χ1n) is 6.80. The summed E-state index contributed by atoms with van der Waals surface area (Å²) in [6, 6.07) is 11.2. The molecule has 2 unspecified atom stereocenters. The lowest BCUT2D eigenvalue weighted by Crippen LogP contribution is -2.30. The van der Waals surface area contributed by atoms with E-state index in [9.17, 15) is 0 Å². The van der Waals surface area contributed by atoms with Crippen molar-refractivity contribution in [3.63, 3.8) is 0 Å². The summed E-state index contributed by atoms with van der Waals surface area (Å²) in [6.45, 7) is 4.17. The minimum Gasteiger partial charge on any atom is -0.377 e. The molecule has 0 aliphatic carbocycles. The second-order valence-corrected chi connectivity index (χ2v) is 4.80. The zero-order chi connectivity index (χ0) is 11.9. The molecule has 0 spiro atoms. The van der Waals surface area contributed by atoms with Gasteiger partial charge in [0.05, 0.1) is 6.10 Å². The summed E-state index contributed by atoms with van der Waals surface area (Å²) >= 11 is 0. The number of rotatable bonds is 6. The molecule has 1 aromatic carbocycles. The van der Waals surface area contributed by atoms with Crippen LogP contribution in [0.4, 0.5) is 0 Å². The third kappa shape index (κ3) is 3.83. The van der Waals surface area contributed by atoms with Crippen LogP contribution in [0.25, 0.3) is 0 Å². The third-order valence-corrected chi connectivity index (χ3v) is 3.40. The van der Waals surface area contributed by atoms with E-state index in [2.05, 4.69) is 42.6 Å². The molecule has 1 saturated heterocycles. The lowest BCUT2D eigenvalue weighted by Gasteiger charge is -2.20. The van der Waals surface area contributed by atoms with Crippen molar-refractivity contribution in [2.75, 3.05) is 13.2 Å². The van der Waals surface area contributed by atoms with Gasteiger partial charge in [-0.3, -0.25) is 0 Å². The highest BCUT2D eigenvalue weighted by Gasteiger charge is 2.17. The molecule has 2 heteroatoms. The first-order chi connectivity index (χ1) is 8.40. The van der Waals surface area contributed by atoms with Gasteiger partial charge in [-0.2, -0.15) is 0 Å². The van der Waals surface area contributed by atoms with E-state index in [0.717, 1.165) is 13.2 Å². The Morgan fingerprint density at radius 2 is 2.18 bits per heavy atom. The van der Waals surface area contributed by atoms with Gasteiger partial charge in [-0.15, -0.1) is 0 Å². The van der Waals surface area contributed by atoms with E-state index in [1.165, 1.54) is 31.2 Å². The first kappa shape index (κ1) is 12.6. The molecule has 1 aromatic rings. The average Bonchev–Trinajstić information content (AvgIpc) is 2.88. The Labute approximate surface area is 104 Å². The van der Waals surface area contributed by atoms with Gasteiger partial charge >= 0.3 is 0 Å². The monoisotopic (exact) mass is 233 g/mol. The zero-order valence-corrected chi connectivity index (χ0v) is 10.7. The van der Waals surface area contributed by atoms with Crippen molar-refractivity contribution in [2.45, 2.75) is 44.8 Å². The van der Waals surface area contributed by atoms with Gasteiger partial charge in [0.25, 0.3) is 0 Å². The van der Waals surface area contributed by atoms with E-state index in [-0.39, 0.29) is 0 Å². The maximum atomic E-state index is 5.65. The lowest BCUT2D eigenvalue weighted by molar-refractivity contribution is 0.107. The molecule has 1 heterocycles. The Balaban J connectivity index is 1.88. The van der Waals surface area contributed by atoms with E-state index >= 15 is 0 Å². The highest BCUT2D eigenvalue weighted by atomic mass is 16.5. The summed E-state index contributed by atoms with van der Waals surface area (Å²) in [5.74, 6) is 0. The molecule has 1 fully saturated rings. The van der Waals surface area contributed by atoms with E-state index in [1.54, 1.807) is 0 Å². The standard InChI is InChI=1S/C15H23NO/c1-2-7-15(13-8-4-3-5-9-13)16-12-14-10-6-11-17-14/h3-5,8-9,14-16H,2,6-7,10-12H2,1H3. The minimum absolute atomic E-state index is 0.429. The number of hydrogen-bond donors (Lipinski definition) is 1. The van der Waals surface area contributed by atoms with Crippen molar-refractivity contribution in [3.8, 4) is 0 Å². The first-order valence-corrected chi connectivity index (χ1v) is 6.80. The van der Waals surface area contributed by atoms with Crippen LogP contribution >= 0.6 is 0 Å². The zero-order valence-electron chi connectivity index (χ0n) is 10.7. The maximum absolute atomic E-state index is 5.65. The van der Waals surface area contributed by atoms with Gasteiger partial charge in [-0.1, -0.05) is 43.7 Å². The van der Waals surface area contributed by atoms with Gasteiger partial charge in [0.1, 0.15) is 0 Å². The highest BCUT2D eigenvalue weighted by Crippen LogP contribution is 2.19. The Morgan fingerprint density at radius 1 is 1.35 bits per heavy atom. The van der Waals surface area contributed by atoms with Gasteiger partial charge in [0, 0.05) is 19.2 Å². The molecule has 1 aliphatic heterocycles. The van der Waals surface area contributed by atoms with Gasteiger partial charge < -0.3 is 10.1 Å². The van der Waals surface area contributed by atoms with Crippen molar-refractivity contribution >= 4 is 0 Å². The van der Waals surface area contributed by atoms with E-state index in [4.69, 9.17) is 4.74 Å². The van der Waals surface area contributed by atoms with Gasteiger partial charge in [-0.05, 0) is 24.8 Å². The summed E-state index contributed by atoms with van der Waals surface area (Å²) < 4.78 is 5.65. The number of hydrogen-bond acceptors (Lipinski definition) is 2. The average molecular weight is 233 g/mol. The fraction of sp³-hybridized carbons (Fsp3) is 0.600. The van der Waals surface area contributed by atoms with Crippen molar-refractivity contribution in [1.82, 2.24) is 5.32 Å². The Hall–Kier alpha value is -0.860. The molecule has 17 heavy (non-hydrogen) atoms. The van der Waals surface area contributed by atoms with Crippen LogP contribution in [0.1, 0.15) is 44.2 Å². The molecule has 2 rings (SSSR count). The van der Waals surface area contributed by atoms with Crippen LogP contribution in [0.2, 0.25) is 0 Å². The third-order valence-electron chi connectivity index (χ3n) is 3.40. The molecule has 0 saturated carbocycles.